The number of benzene rings is 1. The summed E-state index contributed by atoms with van der Waals surface area (Å²) in [4.78, 5) is 15.0. The molecular weight excluding hydrogens is 224 g/mol. The van der Waals surface area contributed by atoms with Crippen LogP contribution in [0.1, 0.15) is 5.56 Å². The molecule has 0 aliphatic carbocycles. The number of rotatable bonds is 1. The van der Waals surface area contributed by atoms with Crippen molar-refractivity contribution in [2.24, 2.45) is 0 Å². The molecule has 16 heavy (non-hydrogen) atoms. The third kappa shape index (κ3) is 2.30. The van der Waals surface area contributed by atoms with E-state index in [0.29, 0.717) is 13.1 Å². The Morgan fingerprint density at radius 2 is 1.81 bits per heavy atom. The Balaban J connectivity index is 2.05. The smallest absolute Gasteiger partial charge is 0.316 e. The van der Waals surface area contributed by atoms with Gasteiger partial charge in [-0.05, 0) is 30.2 Å². The van der Waals surface area contributed by atoms with Crippen LogP contribution < -0.4 is 4.90 Å². The first-order valence-corrected chi connectivity index (χ1v) is 5.81. The second-order valence-electron chi connectivity index (χ2n) is 4.01. The summed E-state index contributed by atoms with van der Waals surface area (Å²) in [5.41, 5.74) is 2.53. The molecule has 0 spiro atoms. The highest BCUT2D eigenvalue weighted by molar-refractivity contribution is 6.62. The lowest BCUT2D eigenvalue weighted by Crippen LogP contribution is -2.47. The molecule has 3 nitrogen and oxygen atoms in total. The number of hydrogen-bond donors (Lipinski definition) is 0. The van der Waals surface area contributed by atoms with E-state index in [9.17, 15) is 4.79 Å². The third-order valence-electron chi connectivity index (χ3n) is 2.98. The van der Waals surface area contributed by atoms with Gasteiger partial charge in [0.2, 0.25) is 0 Å². The Morgan fingerprint density at radius 1 is 1.19 bits per heavy atom. The number of aryl methyl sites for hydroxylation is 1. The zero-order chi connectivity index (χ0) is 11.5. The maximum atomic E-state index is 11.0. The highest BCUT2D eigenvalue weighted by atomic mass is 35.5. The van der Waals surface area contributed by atoms with Crippen LogP contribution in [0, 0.1) is 6.92 Å². The minimum absolute atomic E-state index is 0.343. The number of amides is 1. The van der Waals surface area contributed by atoms with Crippen molar-refractivity contribution in [2.45, 2.75) is 6.92 Å². The van der Waals surface area contributed by atoms with Crippen LogP contribution in [0.4, 0.5) is 10.5 Å². The number of piperazine rings is 1. The number of para-hydroxylation sites is 1. The molecule has 86 valence electrons. The van der Waals surface area contributed by atoms with E-state index in [-0.39, 0.29) is 5.37 Å². The van der Waals surface area contributed by atoms with Gasteiger partial charge in [0.1, 0.15) is 0 Å². The fourth-order valence-corrected chi connectivity index (χ4v) is 2.21. The fraction of sp³-hybridized carbons (Fsp3) is 0.417. The quantitative estimate of drug-likeness (QED) is 0.554. The van der Waals surface area contributed by atoms with Crippen LogP contribution in [0.3, 0.4) is 0 Å². The first-order chi connectivity index (χ1) is 7.68. The minimum Gasteiger partial charge on any atom is -0.368 e. The summed E-state index contributed by atoms with van der Waals surface area (Å²) >= 11 is 5.45. The van der Waals surface area contributed by atoms with E-state index in [4.69, 9.17) is 11.6 Å². The highest BCUT2D eigenvalue weighted by Gasteiger charge is 2.20. The van der Waals surface area contributed by atoms with Gasteiger partial charge in [-0.3, -0.25) is 4.79 Å². The van der Waals surface area contributed by atoms with Crippen molar-refractivity contribution < 1.29 is 4.79 Å². The molecule has 0 atom stereocenters. The molecule has 0 N–H and O–H groups in total. The van der Waals surface area contributed by atoms with Crippen molar-refractivity contribution in [1.82, 2.24) is 4.90 Å². The monoisotopic (exact) mass is 238 g/mol. The molecule has 0 bridgehead atoms. The molecule has 1 aromatic carbocycles. The van der Waals surface area contributed by atoms with Gasteiger partial charge in [0.15, 0.2) is 0 Å². The van der Waals surface area contributed by atoms with Gasteiger partial charge in [-0.1, -0.05) is 18.2 Å². The average Bonchev–Trinajstić information content (AvgIpc) is 2.30. The summed E-state index contributed by atoms with van der Waals surface area (Å²) in [6, 6.07) is 8.31. The zero-order valence-corrected chi connectivity index (χ0v) is 10.1. The Morgan fingerprint density at radius 3 is 2.38 bits per heavy atom. The molecule has 1 fully saturated rings. The molecule has 0 saturated carbocycles. The molecule has 4 heteroatoms. The van der Waals surface area contributed by atoms with Gasteiger partial charge in [-0.15, -0.1) is 0 Å². The largest absolute Gasteiger partial charge is 0.368 e. The van der Waals surface area contributed by atoms with Crippen molar-refractivity contribution in [1.29, 1.82) is 0 Å². The van der Waals surface area contributed by atoms with E-state index in [1.54, 1.807) is 4.90 Å². The van der Waals surface area contributed by atoms with Crippen LogP contribution in [0.15, 0.2) is 24.3 Å². The molecule has 1 saturated heterocycles. The molecule has 2 rings (SSSR count). The van der Waals surface area contributed by atoms with Gasteiger partial charge in [0, 0.05) is 31.9 Å². The topological polar surface area (TPSA) is 23.6 Å². The van der Waals surface area contributed by atoms with Gasteiger partial charge in [-0.2, -0.15) is 0 Å². The molecule has 1 heterocycles. The number of anilines is 1. The number of halogens is 1. The second-order valence-corrected chi connectivity index (χ2v) is 4.34. The molecule has 0 unspecified atom stereocenters. The summed E-state index contributed by atoms with van der Waals surface area (Å²) in [5, 5.41) is -0.343. The van der Waals surface area contributed by atoms with E-state index < -0.39 is 0 Å². The summed E-state index contributed by atoms with van der Waals surface area (Å²) in [5.74, 6) is 0. The zero-order valence-electron chi connectivity index (χ0n) is 9.32. The third-order valence-corrected chi connectivity index (χ3v) is 3.22. The van der Waals surface area contributed by atoms with E-state index in [1.165, 1.54) is 11.3 Å². The molecule has 1 amide bonds. The van der Waals surface area contributed by atoms with Crippen molar-refractivity contribution >= 4 is 22.7 Å². The molecule has 0 radical (unpaired) electrons. The van der Waals surface area contributed by atoms with Gasteiger partial charge in [0.25, 0.3) is 0 Å². The van der Waals surface area contributed by atoms with Crippen LogP contribution in [-0.2, 0) is 0 Å². The lowest BCUT2D eigenvalue weighted by molar-refractivity contribution is 0.218. The van der Waals surface area contributed by atoms with E-state index in [2.05, 4.69) is 24.0 Å². The fourth-order valence-electron chi connectivity index (χ4n) is 2.04. The van der Waals surface area contributed by atoms with Gasteiger partial charge >= 0.3 is 5.37 Å². The number of nitrogens with zero attached hydrogens (tertiary/aromatic N) is 2. The molecule has 1 aliphatic heterocycles. The van der Waals surface area contributed by atoms with E-state index >= 15 is 0 Å². The Labute approximate surface area is 101 Å². The van der Waals surface area contributed by atoms with Crippen LogP contribution in [-0.4, -0.2) is 36.4 Å². The SMILES string of the molecule is Cc1ccccc1N1CCN(C(=O)Cl)CC1. The van der Waals surface area contributed by atoms with Crippen LogP contribution in [0.25, 0.3) is 0 Å². The first-order valence-electron chi connectivity index (χ1n) is 5.43. The maximum absolute atomic E-state index is 11.0. The number of hydrogen-bond acceptors (Lipinski definition) is 2. The standard InChI is InChI=1S/C12H15ClN2O/c1-10-4-2-3-5-11(10)14-6-8-15(9-7-14)12(13)16/h2-5H,6-9H2,1H3. The first kappa shape index (κ1) is 11.3. The van der Waals surface area contributed by atoms with Gasteiger partial charge in [-0.25, -0.2) is 0 Å². The minimum atomic E-state index is -0.343. The predicted molar refractivity (Wildman–Crippen MR) is 66.2 cm³/mol. The number of carbonyl (C=O) groups excluding carboxylic acids is 1. The van der Waals surface area contributed by atoms with Crippen molar-refractivity contribution in [3.63, 3.8) is 0 Å². The lowest BCUT2D eigenvalue weighted by atomic mass is 10.1. The Hall–Kier alpha value is -1.22. The normalized spacial score (nSPS) is 16.4. The average molecular weight is 239 g/mol. The highest BCUT2D eigenvalue weighted by Crippen LogP contribution is 2.20. The van der Waals surface area contributed by atoms with Crippen LogP contribution >= 0.6 is 11.6 Å². The Bertz CT molecular complexity index is 386. The van der Waals surface area contributed by atoms with Gasteiger partial charge in [0.05, 0.1) is 0 Å². The van der Waals surface area contributed by atoms with Crippen LogP contribution in [0.2, 0.25) is 0 Å². The summed E-state index contributed by atoms with van der Waals surface area (Å²) in [6.07, 6.45) is 0. The molecule has 1 aliphatic rings. The van der Waals surface area contributed by atoms with E-state index in [1.807, 2.05) is 12.1 Å². The predicted octanol–water partition coefficient (Wildman–Crippen LogP) is 2.48. The second kappa shape index (κ2) is 4.74. The summed E-state index contributed by atoms with van der Waals surface area (Å²) in [7, 11) is 0. The maximum Gasteiger partial charge on any atom is 0.316 e. The molecule has 0 aromatic heterocycles. The summed E-state index contributed by atoms with van der Waals surface area (Å²) < 4.78 is 0. The lowest BCUT2D eigenvalue weighted by Gasteiger charge is -2.35. The Kier molecular flexibility index (Phi) is 3.34. The summed E-state index contributed by atoms with van der Waals surface area (Å²) in [6.45, 7) is 5.22. The van der Waals surface area contributed by atoms with Crippen LogP contribution in [0.5, 0.6) is 0 Å². The van der Waals surface area contributed by atoms with Crippen molar-refractivity contribution in [3.8, 4) is 0 Å². The van der Waals surface area contributed by atoms with Crippen molar-refractivity contribution in [2.75, 3.05) is 31.1 Å². The van der Waals surface area contributed by atoms with E-state index in [0.717, 1.165) is 13.1 Å². The molecular formula is C12H15ClN2O. The molecule has 1 aromatic rings. The number of carbonyl (C=O) groups is 1. The van der Waals surface area contributed by atoms with Gasteiger partial charge < -0.3 is 9.80 Å². The van der Waals surface area contributed by atoms with Crippen molar-refractivity contribution in [3.05, 3.63) is 29.8 Å².